The van der Waals surface area contributed by atoms with Crippen LogP contribution in [-0.4, -0.2) is 59.8 Å². The predicted octanol–water partition coefficient (Wildman–Crippen LogP) is 2.62. The molecule has 0 aromatic heterocycles. The first-order valence-corrected chi connectivity index (χ1v) is 9.62. The molecule has 1 amide bonds. The van der Waals surface area contributed by atoms with Crippen LogP contribution in [0.3, 0.4) is 0 Å². The van der Waals surface area contributed by atoms with E-state index in [2.05, 4.69) is 22.9 Å². The third-order valence-electron chi connectivity index (χ3n) is 5.39. The lowest BCUT2D eigenvalue weighted by Gasteiger charge is -2.36. The second-order valence-corrected chi connectivity index (χ2v) is 7.86. The van der Waals surface area contributed by atoms with Gasteiger partial charge >= 0.3 is 0 Å². The molecule has 3 heterocycles. The molecule has 0 N–H and O–H groups in total. The first-order valence-electron chi connectivity index (χ1n) is 8.63. The molecule has 0 spiro atoms. The second kappa shape index (κ2) is 6.36. The van der Waals surface area contributed by atoms with Crippen molar-refractivity contribution in [2.24, 2.45) is 0 Å². The molecule has 0 saturated carbocycles. The highest BCUT2D eigenvalue weighted by Crippen LogP contribution is 2.36. The number of carbonyl (C=O) groups is 1. The van der Waals surface area contributed by atoms with Crippen LogP contribution in [0.15, 0.2) is 29.2 Å². The summed E-state index contributed by atoms with van der Waals surface area (Å²) in [6.07, 6.45) is 4.40. The van der Waals surface area contributed by atoms with E-state index in [4.69, 9.17) is 4.74 Å². The Morgan fingerprint density at radius 3 is 2.78 bits per heavy atom. The van der Waals surface area contributed by atoms with Crippen LogP contribution in [0, 0.1) is 0 Å². The summed E-state index contributed by atoms with van der Waals surface area (Å²) < 4.78 is 6.02. The Kier molecular flexibility index (Phi) is 4.24. The molecule has 0 bridgehead atoms. The fourth-order valence-corrected chi connectivity index (χ4v) is 5.19. The van der Waals surface area contributed by atoms with E-state index in [1.54, 1.807) is 11.8 Å². The Labute approximate surface area is 142 Å². The third kappa shape index (κ3) is 2.85. The van der Waals surface area contributed by atoms with Gasteiger partial charge in [-0.15, -0.1) is 11.8 Å². The van der Waals surface area contributed by atoms with Gasteiger partial charge in [0, 0.05) is 29.3 Å². The number of hydrogen-bond donors (Lipinski definition) is 0. The number of likely N-dealkylation sites (N-methyl/N-ethyl adjacent to an activating group) is 1. The standard InChI is InChI=1S/C18H24N2O2S/c1-19-10-4-6-13(19)14-7-5-11-20(14)18(21)16-12-23-17-9-3-2-8-15(17)22-16/h2-3,8-9,13-14,16H,4-7,10-12H2,1H3/t13-,14-,16+/m1/s1. The number of nitrogens with zero attached hydrogens (tertiary/aromatic N) is 2. The van der Waals surface area contributed by atoms with E-state index in [1.807, 2.05) is 18.2 Å². The molecule has 3 aliphatic heterocycles. The highest BCUT2D eigenvalue weighted by Gasteiger charge is 2.41. The van der Waals surface area contributed by atoms with Crippen LogP contribution in [0.5, 0.6) is 5.75 Å². The Morgan fingerprint density at radius 1 is 1.17 bits per heavy atom. The number of thioether (sulfide) groups is 1. The van der Waals surface area contributed by atoms with Crippen molar-refractivity contribution in [2.45, 2.75) is 48.8 Å². The maximum absolute atomic E-state index is 13.1. The van der Waals surface area contributed by atoms with Crippen molar-refractivity contribution in [2.75, 3.05) is 25.9 Å². The first kappa shape index (κ1) is 15.3. The highest BCUT2D eigenvalue weighted by molar-refractivity contribution is 7.99. The molecule has 0 unspecified atom stereocenters. The molecular formula is C18H24N2O2S. The molecule has 1 aromatic carbocycles. The SMILES string of the molecule is CN1CCC[C@@H]1[C@H]1CCCN1C(=O)[C@@H]1CSc2ccccc2O1. The van der Waals surface area contributed by atoms with Crippen LogP contribution < -0.4 is 4.74 Å². The number of hydrogen-bond acceptors (Lipinski definition) is 4. The minimum atomic E-state index is -0.331. The van der Waals surface area contributed by atoms with Gasteiger partial charge in [-0.25, -0.2) is 0 Å². The van der Waals surface area contributed by atoms with Gasteiger partial charge in [0.15, 0.2) is 6.10 Å². The molecule has 23 heavy (non-hydrogen) atoms. The molecule has 4 rings (SSSR count). The van der Waals surface area contributed by atoms with Gasteiger partial charge in [-0.3, -0.25) is 4.79 Å². The third-order valence-corrected chi connectivity index (χ3v) is 6.51. The molecule has 2 saturated heterocycles. The zero-order chi connectivity index (χ0) is 15.8. The molecule has 4 nitrogen and oxygen atoms in total. The van der Waals surface area contributed by atoms with Gasteiger partial charge in [0.05, 0.1) is 0 Å². The van der Waals surface area contributed by atoms with Crippen molar-refractivity contribution in [3.05, 3.63) is 24.3 Å². The van der Waals surface area contributed by atoms with Crippen molar-refractivity contribution >= 4 is 17.7 Å². The van der Waals surface area contributed by atoms with Gasteiger partial charge in [0.2, 0.25) is 0 Å². The number of para-hydroxylation sites is 1. The van der Waals surface area contributed by atoms with Crippen LogP contribution in [0.2, 0.25) is 0 Å². The molecule has 3 atom stereocenters. The summed E-state index contributed by atoms with van der Waals surface area (Å²) in [5.41, 5.74) is 0. The van der Waals surface area contributed by atoms with Gasteiger partial charge in [-0.2, -0.15) is 0 Å². The van der Waals surface area contributed by atoms with E-state index in [0.717, 1.165) is 42.3 Å². The number of carbonyl (C=O) groups excluding carboxylic acids is 1. The molecule has 124 valence electrons. The quantitative estimate of drug-likeness (QED) is 0.833. The lowest BCUT2D eigenvalue weighted by molar-refractivity contribution is -0.139. The summed E-state index contributed by atoms with van der Waals surface area (Å²) in [7, 11) is 2.20. The van der Waals surface area contributed by atoms with Crippen molar-refractivity contribution in [3.63, 3.8) is 0 Å². The average molecular weight is 332 g/mol. The minimum absolute atomic E-state index is 0.190. The molecule has 2 fully saturated rings. The highest BCUT2D eigenvalue weighted by atomic mass is 32.2. The number of likely N-dealkylation sites (tertiary alicyclic amines) is 2. The van der Waals surface area contributed by atoms with Gasteiger partial charge in [-0.1, -0.05) is 12.1 Å². The lowest BCUT2D eigenvalue weighted by atomic mass is 10.0. The molecule has 1 aromatic rings. The number of benzene rings is 1. The largest absolute Gasteiger partial charge is 0.479 e. The number of amides is 1. The van der Waals surface area contributed by atoms with Crippen LogP contribution in [0.25, 0.3) is 0 Å². The fourth-order valence-electron chi connectivity index (χ4n) is 4.21. The lowest BCUT2D eigenvalue weighted by Crippen LogP contribution is -2.52. The summed E-state index contributed by atoms with van der Waals surface area (Å²) >= 11 is 1.74. The maximum atomic E-state index is 13.1. The van der Waals surface area contributed by atoms with E-state index < -0.39 is 0 Å². The van der Waals surface area contributed by atoms with Crippen LogP contribution in [0.1, 0.15) is 25.7 Å². The Balaban J connectivity index is 1.48. The maximum Gasteiger partial charge on any atom is 0.264 e. The van der Waals surface area contributed by atoms with Gasteiger partial charge in [0.25, 0.3) is 5.91 Å². The normalized spacial score (nSPS) is 31.0. The summed E-state index contributed by atoms with van der Waals surface area (Å²) in [5.74, 6) is 1.77. The van der Waals surface area contributed by atoms with Gasteiger partial charge in [-0.05, 0) is 51.4 Å². The zero-order valence-corrected chi connectivity index (χ0v) is 14.4. The van der Waals surface area contributed by atoms with Gasteiger partial charge < -0.3 is 14.5 Å². The van der Waals surface area contributed by atoms with Crippen molar-refractivity contribution in [3.8, 4) is 5.75 Å². The number of rotatable bonds is 2. The summed E-state index contributed by atoms with van der Waals surface area (Å²) in [6.45, 7) is 2.05. The Morgan fingerprint density at radius 2 is 1.96 bits per heavy atom. The number of fused-ring (bicyclic) bond motifs is 1. The second-order valence-electron chi connectivity index (χ2n) is 6.80. The van der Waals surface area contributed by atoms with E-state index in [0.29, 0.717) is 12.1 Å². The van der Waals surface area contributed by atoms with E-state index in [-0.39, 0.29) is 12.0 Å². The van der Waals surface area contributed by atoms with Crippen LogP contribution >= 0.6 is 11.8 Å². The molecular weight excluding hydrogens is 308 g/mol. The molecule has 3 aliphatic rings. The molecule has 0 aliphatic carbocycles. The topological polar surface area (TPSA) is 32.8 Å². The zero-order valence-electron chi connectivity index (χ0n) is 13.6. The minimum Gasteiger partial charge on any atom is -0.479 e. The first-order chi connectivity index (χ1) is 11.2. The van der Waals surface area contributed by atoms with Gasteiger partial charge in [0.1, 0.15) is 5.75 Å². The van der Waals surface area contributed by atoms with Crippen molar-refractivity contribution in [1.29, 1.82) is 0 Å². The fraction of sp³-hybridized carbons (Fsp3) is 0.611. The number of ether oxygens (including phenoxy) is 1. The molecule has 0 radical (unpaired) electrons. The van der Waals surface area contributed by atoms with E-state index in [9.17, 15) is 4.79 Å². The molecule has 5 heteroatoms. The van der Waals surface area contributed by atoms with Crippen LogP contribution in [0.4, 0.5) is 0 Å². The van der Waals surface area contributed by atoms with Crippen molar-refractivity contribution in [1.82, 2.24) is 9.80 Å². The van der Waals surface area contributed by atoms with E-state index >= 15 is 0 Å². The summed E-state index contributed by atoms with van der Waals surface area (Å²) in [6, 6.07) is 8.92. The Hall–Kier alpha value is -1.20. The van der Waals surface area contributed by atoms with Crippen molar-refractivity contribution < 1.29 is 9.53 Å². The average Bonchev–Trinajstić information content (AvgIpc) is 3.22. The van der Waals surface area contributed by atoms with E-state index in [1.165, 1.54) is 12.8 Å². The Bertz CT molecular complexity index is 594. The predicted molar refractivity (Wildman–Crippen MR) is 92.0 cm³/mol. The van der Waals surface area contributed by atoms with Crippen LogP contribution in [-0.2, 0) is 4.79 Å². The summed E-state index contributed by atoms with van der Waals surface area (Å²) in [5, 5.41) is 0. The smallest absolute Gasteiger partial charge is 0.264 e. The monoisotopic (exact) mass is 332 g/mol. The summed E-state index contributed by atoms with van der Waals surface area (Å²) in [4.78, 5) is 18.7.